The highest BCUT2D eigenvalue weighted by atomic mass is 14.2. The van der Waals surface area contributed by atoms with Crippen LogP contribution in [0.1, 0.15) is 119 Å². The molecule has 0 aliphatic heterocycles. The van der Waals surface area contributed by atoms with Crippen LogP contribution in [0.25, 0.3) is 0 Å². The molecule has 0 aromatic heterocycles. The molecule has 0 aliphatic carbocycles. The Morgan fingerprint density at radius 2 is 0.909 bits per heavy atom. The Bertz CT molecular complexity index is 218. The fraction of sp³-hybridized carbons (Fsp3) is 1.00. The van der Waals surface area contributed by atoms with E-state index in [0.29, 0.717) is 0 Å². The highest BCUT2D eigenvalue weighted by Crippen LogP contribution is 2.26. The molecule has 22 heavy (non-hydrogen) atoms. The molecule has 0 bridgehead atoms. The first kappa shape index (κ1) is 22.0. The molecule has 0 nitrogen and oxygen atoms in total. The van der Waals surface area contributed by atoms with Crippen molar-refractivity contribution in [2.45, 2.75) is 119 Å². The number of rotatable bonds is 15. The molecule has 0 rings (SSSR count). The Labute approximate surface area is 142 Å². The van der Waals surface area contributed by atoms with Crippen molar-refractivity contribution in [3.63, 3.8) is 0 Å². The van der Waals surface area contributed by atoms with Gasteiger partial charge in [-0.05, 0) is 23.7 Å². The lowest BCUT2D eigenvalue weighted by Gasteiger charge is -2.19. The summed E-state index contributed by atoms with van der Waals surface area (Å²) in [6, 6.07) is 0. The van der Waals surface area contributed by atoms with Crippen LogP contribution in [0.2, 0.25) is 0 Å². The van der Waals surface area contributed by atoms with Crippen LogP contribution >= 0.6 is 0 Å². The summed E-state index contributed by atoms with van der Waals surface area (Å²) in [5, 5.41) is 0. The molecule has 0 fully saturated rings. The van der Waals surface area contributed by atoms with Gasteiger partial charge in [0.05, 0.1) is 0 Å². The lowest BCUT2D eigenvalue weighted by molar-refractivity contribution is 0.341. The topological polar surface area (TPSA) is 0 Å². The predicted molar refractivity (Wildman–Crippen MR) is 103 cm³/mol. The van der Waals surface area contributed by atoms with Gasteiger partial charge in [-0.1, -0.05) is 119 Å². The fourth-order valence-corrected chi connectivity index (χ4v) is 3.57. The van der Waals surface area contributed by atoms with Crippen molar-refractivity contribution in [1.82, 2.24) is 0 Å². The molecule has 3 atom stereocenters. The van der Waals surface area contributed by atoms with E-state index in [2.05, 4.69) is 41.5 Å². The number of hydrogen-bond acceptors (Lipinski definition) is 0. The first-order chi connectivity index (χ1) is 10.5. The fourth-order valence-electron chi connectivity index (χ4n) is 3.57. The standard InChI is InChI=1S/C22H46/c1-7-20(6)14-11-16-22(9-3)18-12-17-21(8-2)15-10-13-19(4)5/h19-22H,7-18H2,1-6H3. The third kappa shape index (κ3) is 12.5. The normalized spacial score (nSPS) is 16.0. The summed E-state index contributed by atoms with van der Waals surface area (Å²) >= 11 is 0. The maximum absolute atomic E-state index is 2.41. The maximum Gasteiger partial charge on any atom is -0.0417 e. The van der Waals surface area contributed by atoms with E-state index in [-0.39, 0.29) is 0 Å². The molecule has 0 aromatic carbocycles. The van der Waals surface area contributed by atoms with E-state index in [0.717, 1.165) is 23.7 Å². The molecular weight excluding hydrogens is 264 g/mol. The van der Waals surface area contributed by atoms with Gasteiger partial charge in [-0.15, -0.1) is 0 Å². The van der Waals surface area contributed by atoms with Gasteiger partial charge in [-0.2, -0.15) is 0 Å². The van der Waals surface area contributed by atoms with Gasteiger partial charge in [-0.3, -0.25) is 0 Å². The molecule has 0 saturated carbocycles. The van der Waals surface area contributed by atoms with Crippen molar-refractivity contribution < 1.29 is 0 Å². The molecule has 0 N–H and O–H groups in total. The zero-order valence-electron chi connectivity index (χ0n) is 16.8. The van der Waals surface area contributed by atoms with Gasteiger partial charge in [-0.25, -0.2) is 0 Å². The third-order valence-corrected chi connectivity index (χ3v) is 5.78. The molecule has 3 unspecified atom stereocenters. The summed E-state index contributed by atoms with van der Waals surface area (Å²) in [6.07, 6.45) is 17.3. The highest BCUT2D eigenvalue weighted by Gasteiger charge is 2.11. The van der Waals surface area contributed by atoms with Crippen LogP contribution in [0.15, 0.2) is 0 Å². The quantitative estimate of drug-likeness (QED) is 0.285. The zero-order valence-corrected chi connectivity index (χ0v) is 16.8. The van der Waals surface area contributed by atoms with E-state index >= 15 is 0 Å². The largest absolute Gasteiger partial charge is 0.0651 e. The molecule has 0 aliphatic rings. The first-order valence-electron chi connectivity index (χ1n) is 10.5. The second-order valence-electron chi connectivity index (χ2n) is 8.25. The van der Waals surface area contributed by atoms with Gasteiger partial charge in [0, 0.05) is 0 Å². The predicted octanol–water partition coefficient (Wildman–Crippen LogP) is 8.25. The first-order valence-corrected chi connectivity index (χ1v) is 10.5. The summed E-state index contributed by atoms with van der Waals surface area (Å²) in [7, 11) is 0. The zero-order chi connectivity index (χ0) is 16.8. The van der Waals surface area contributed by atoms with Crippen LogP contribution in [0.3, 0.4) is 0 Å². The van der Waals surface area contributed by atoms with Crippen LogP contribution in [0.5, 0.6) is 0 Å². The summed E-state index contributed by atoms with van der Waals surface area (Å²) in [6.45, 7) is 14.2. The van der Waals surface area contributed by atoms with Crippen molar-refractivity contribution in [1.29, 1.82) is 0 Å². The molecule has 0 radical (unpaired) electrons. The monoisotopic (exact) mass is 310 g/mol. The SMILES string of the molecule is CCC(C)CCCC(CC)CCCC(CC)CCCC(C)C. The number of hydrogen-bond donors (Lipinski definition) is 0. The van der Waals surface area contributed by atoms with E-state index < -0.39 is 0 Å². The van der Waals surface area contributed by atoms with Crippen LogP contribution in [-0.4, -0.2) is 0 Å². The molecule has 0 heteroatoms. The van der Waals surface area contributed by atoms with Crippen LogP contribution in [0, 0.1) is 23.7 Å². The van der Waals surface area contributed by atoms with Gasteiger partial charge >= 0.3 is 0 Å². The molecule has 0 spiro atoms. The van der Waals surface area contributed by atoms with Crippen molar-refractivity contribution >= 4 is 0 Å². The van der Waals surface area contributed by atoms with Gasteiger partial charge in [0.15, 0.2) is 0 Å². The molecule has 0 amide bonds. The van der Waals surface area contributed by atoms with Gasteiger partial charge in [0.1, 0.15) is 0 Å². The minimum absolute atomic E-state index is 0.882. The lowest BCUT2D eigenvalue weighted by Crippen LogP contribution is -2.04. The summed E-state index contributed by atoms with van der Waals surface area (Å²) in [4.78, 5) is 0. The van der Waals surface area contributed by atoms with Gasteiger partial charge in [0.2, 0.25) is 0 Å². The highest BCUT2D eigenvalue weighted by molar-refractivity contribution is 4.64. The van der Waals surface area contributed by atoms with E-state index in [9.17, 15) is 0 Å². The van der Waals surface area contributed by atoms with Crippen molar-refractivity contribution in [2.75, 3.05) is 0 Å². The smallest absolute Gasteiger partial charge is 0.0417 e. The van der Waals surface area contributed by atoms with E-state index in [1.807, 2.05) is 0 Å². The Hall–Kier alpha value is 0. The van der Waals surface area contributed by atoms with Crippen LogP contribution in [-0.2, 0) is 0 Å². The molecule has 0 heterocycles. The van der Waals surface area contributed by atoms with E-state index in [1.54, 1.807) is 0 Å². The third-order valence-electron chi connectivity index (χ3n) is 5.78. The molecular formula is C22H46. The minimum Gasteiger partial charge on any atom is -0.0651 e. The Morgan fingerprint density at radius 3 is 1.27 bits per heavy atom. The Kier molecular flexibility index (Phi) is 14.6. The maximum atomic E-state index is 2.41. The Morgan fingerprint density at radius 1 is 0.500 bits per heavy atom. The second-order valence-corrected chi connectivity index (χ2v) is 8.25. The van der Waals surface area contributed by atoms with Crippen LogP contribution in [0.4, 0.5) is 0 Å². The average Bonchev–Trinajstić information content (AvgIpc) is 2.51. The average molecular weight is 311 g/mol. The van der Waals surface area contributed by atoms with Crippen molar-refractivity contribution in [3.05, 3.63) is 0 Å². The van der Waals surface area contributed by atoms with Crippen LogP contribution < -0.4 is 0 Å². The van der Waals surface area contributed by atoms with Gasteiger partial charge < -0.3 is 0 Å². The second kappa shape index (κ2) is 14.6. The van der Waals surface area contributed by atoms with Crippen molar-refractivity contribution in [3.8, 4) is 0 Å². The summed E-state index contributed by atoms with van der Waals surface area (Å²) in [5.74, 6) is 3.81. The molecule has 134 valence electrons. The van der Waals surface area contributed by atoms with Crippen molar-refractivity contribution in [2.24, 2.45) is 23.7 Å². The molecule has 0 saturated heterocycles. The summed E-state index contributed by atoms with van der Waals surface area (Å²) in [5.41, 5.74) is 0. The minimum atomic E-state index is 0.882. The lowest BCUT2D eigenvalue weighted by atomic mass is 9.87. The van der Waals surface area contributed by atoms with E-state index in [4.69, 9.17) is 0 Å². The Balaban J connectivity index is 3.77. The van der Waals surface area contributed by atoms with Gasteiger partial charge in [0.25, 0.3) is 0 Å². The summed E-state index contributed by atoms with van der Waals surface area (Å²) < 4.78 is 0. The molecule has 0 aromatic rings. The van der Waals surface area contributed by atoms with E-state index in [1.165, 1.54) is 77.0 Å².